The molecule has 1 heterocycles. The van der Waals surface area contributed by atoms with Crippen molar-refractivity contribution >= 4 is 17.7 Å². The first-order valence-corrected chi connectivity index (χ1v) is 8.98. The molecule has 0 N–H and O–H groups in total. The van der Waals surface area contributed by atoms with E-state index in [1.165, 1.54) is 17.8 Å². The number of rotatable bonds is 5. The van der Waals surface area contributed by atoms with E-state index in [9.17, 15) is 9.18 Å². The molecule has 0 spiro atoms. The molecule has 1 saturated heterocycles. The molecule has 1 aliphatic rings. The second-order valence-electron chi connectivity index (χ2n) is 5.74. The monoisotopic (exact) mass is 345 g/mol. The van der Waals surface area contributed by atoms with Gasteiger partial charge >= 0.3 is 0 Å². The molecule has 1 aliphatic heterocycles. The van der Waals surface area contributed by atoms with Gasteiger partial charge in [-0.15, -0.1) is 11.8 Å². The lowest BCUT2D eigenvalue weighted by atomic mass is 10.0. The third-order valence-corrected chi connectivity index (χ3v) is 5.29. The number of carbonyl (C=O) groups excluding carboxylic acids is 1. The number of amides is 1. The van der Waals surface area contributed by atoms with Crippen LogP contribution in [0.3, 0.4) is 0 Å². The first-order chi connectivity index (χ1) is 11.7. The van der Waals surface area contributed by atoms with Gasteiger partial charge in [-0.25, -0.2) is 4.39 Å². The molecule has 1 unspecified atom stereocenters. The topological polar surface area (TPSA) is 29.5 Å². The third kappa shape index (κ3) is 3.73. The Balaban J connectivity index is 1.66. The molecule has 2 aromatic carbocycles. The molecule has 2 aromatic rings. The van der Waals surface area contributed by atoms with Gasteiger partial charge in [0, 0.05) is 11.4 Å². The Morgan fingerprint density at radius 3 is 2.71 bits per heavy atom. The smallest absolute Gasteiger partial charge is 0.233 e. The van der Waals surface area contributed by atoms with Gasteiger partial charge in [0.1, 0.15) is 11.6 Å². The largest absolute Gasteiger partial charge is 0.497 e. The minimum atomic E-state index is -0.275. The fourth-order valence-electron chi connectivity index (χ4n) is 3.02. The van der Waals surface area contributed by atoms with Gasteiger partial charge in [-0.1, -0.05) is 24.3 Å². The van der Waals surface area contributed by atoms with E-state index in [1.54, 1.807) is 25.3 Å². The summed E-state index contributed by atoms with van der Waals surface area (Å²) in [5.41, 5.74) is 1.12. The van der Waals surface area contributed by atoms with Gasteiger partial charge in [0.25, 0.3) is 0 Å². The zero-order valence-corrected chi connectivity index (χ0v) is 14.4. The summed E-state index contributed by atoms with van der Waals surface area (Å²) in [7, 11) is 1.64. The Hall–Kier alpha value is -2.01. The molecule has 0 aliphatic carbocycles. The number of ether oxygens (including phenoxy) is 1. The summed E-state index contributed by atoms with van der Waals surface area (Å²) in [5, 5.41) is 0. The third-order valence-electron chi connectivity index (χ3n) is 4.26. The summed E-state index contributed by atoms with van der Waals surface area (Å²) < 4.78 is 18.9. The number of likely N-dealkylation sites (tertiary alicyclic amines) is 1. The van der Waals surface area contributed by atoms with E-state index in [2.05, 4.69) is 0 Å². The normalized spacial score (nSPS) is 17.1. The highest BCUT2D eigenvalue weighted by Gasteiger charge is 2.29. The molecule has 126 valence electrons. The van der Waals surface area contributed by atoms with Crippen molar-refractivity contribution in [2.24, 2.45) is 0 Å². The minimum Gasteiger partial charge on any atom is -0.497 e. The Morgan fingerprint density at radius 1 is 1.25 bits per heavy atom. The maximum atomic E-state index is 13.7. The number of nitrogens with zero attached hydrogens (tertiary/aromatic N) is 1. The van der Waals surface area contributed by atoms with Crippen LogP contribution in [0.25, 0.3) is 0 Å². The second kappa shape index (κ2) is 7.71. The van der Waals surface area contributed by atoms with Crippen molar-refractivity contribution in [1.29, 1.82) is 0 Å². The lowest BCUT2D eigenvalue weighted by molar-refractivity contribution is -0.129. The van der Waals surface area contributed by atoms with E-state index in [1.807, 2.05) is 29.2 Å². The van der Waals surface area contributed by atoms with Crippen molar-refractivity contribution in [3.8, 4) is 5.75 Å². The van der Waals surface area contributed by atoms with E-state index in [4.69, 9.17) is 4.74 Å². The molecule has 3 rings (SSSR count). The van der Waals surface area contributed by atoms with Crippen LogP contribution in [0.5, 0.6) is 5.75 Å². The molecule has 0 aromatic heterocycles. The Labute approximate surface area is 145 Å². The van der Waals surface area contributed by atoms with Crippen molar-refractivity contribution in [1.82, 2.24) is 4.90 Å². The van der Waals surface area contributed by atoms with Crippen LogP contribution in [0.15, 0.2) is 53.4 Å². The first kappa shape index (κ1) is 16.8. The van der Waals surface area contributed by atoms with Crippen LogP contribution in [0.2, 0.25) is 0 Å². The van der Waals surface area contributed by atoms with E-state index < -0.39 is 0 Å². The summed E-state index contributed by atoms with van der Waals surface area (Å²) in [5.74, 6) is 0.850. The van der Waals surface area contributed by atoms with E-state index in [0.717, 1.165) is 30.7 Å². The fraction of sp³-hybridized carbons (Fsp3) is 0.316. The van der Waals surface area contributed by atoms with Crippen molar-refractivity contribution in [3.05, 3.63) is 59.9 Å². The van der Waals surface area contributed by atoms with Gasteiger partial charge in [0.05, 0.1) is 18.9 Å². The van der Waals surface area contributed by atoms with E-state index in [-0.39, 0.29) is 23.5 Å². The Bertz CT molecular complexity index is 705. The quantitative estimate of drug-likeness (QED) is 0.757. The maximum absolute atomic E-state index is 13.7. The van der Waals surface area contributed by atoms with Gasteiger partial charge in [-0.05, 0) is 42.7 Å². The number of benzene rings is 2. The van der Waals surface area contributed by atoms with Crippen LogP contribution in [0.4, 0.5) is 4.39 Å². The average Bonchev–Trinajstić information content (AvgIpc) is 3.10. The zero-order valence-electron chi connectivity index (χ0n) is 13.6. The Kier molecular flexibility index (Phi) is 5.41. The fourth-order valence-corrected chi connectivity index (χ4v) is 3.85. The molecule has 0 radical (unpaired) electrons. The van der Waals surface area contributed by atoms with Crippen LogP contribution >= 0.6 is 11.8 Å². The van der Waals surface area contributed by atoms with E-state index in [0.29, 0.717) is 4.90 Å². The van der Waals surface area contributed by atoms with Crippen LogP contribution in [0.1, 0.15) is 24.4 Å². The number of hydrogen-bond acceptors (Lipinski definition) is 3. The highest BCUT2D eigenvalue weighted by atomic mass is 32.2. The predicted octanol–water partition coefficient (Wildman–Crippen LogP) is 4.29. The van der Waals surface area contributed by atoms with Gasteiger partial charge in [0.15, 0.2) is 0 Å². The summed E-state index contributed by atoms with van der Waals surface area (Å²) >= 11 is 1.26. The average molecular weight is 345 g/mol. The molecule has 1 fully saturated rings. The van der Waals surface area contributed by atoms with Crippen LogP contribution in [0, 0.1) is 5.82 Å². The van der Waals surface area contributed by atoms with Gasteiger partial charge < -0.3 is 9.64 Å². The highest BCUT2D eigenvalue weighted by molar-refractivity contribution is 8.00. The van der Waals surface area contributed by atoms with Crippen LogP contribution in [-0.4, -0.2) is 30.2 Å². The number of hydrogen-bond donors (Lipinski definition) is 0. The molecular weight excluding hydrogens is 325 g/mol. The summed E-state index contributed by atoms with van der Waals surface area (Å²) in [6.45, 7) is 0.757. The molecule has 5 heteroatoms. The second-order valence-corrected chi connectivity index (χ2v) is 6.75. The molecule has 0 saturated carbocycles. The molecule has 1 atom stereocenters. The highest BCUT2D eigenvalue weighted by Crippen LogP contribution is 2.33. The SMILES string of the molecule is COc1ccc(C2CCCN2C(=O)CSc2ccccc2F)cc1. The van der Waals surface area contributed by atoms with Crippen LogP contribution < -0.4 is 4.74 Å². The molecule has 3 nitrogen and oxygen atoms in total. The van der Waals surface area contributed by atoms with Crippen LogP contribution in [-0.2, 0) is 4.79 Å². The number of methoxy groups -OCH3 is 1. The standard InChI is InChI=1S/C19H20FNO2S/c1-23-15-10-8-14(9-11-15)17-6-4-12-21(17)19(22)13-24-18-7-3-2-5-16(18)20/h2-3,5,7-11,17H,4,6,12-13H2,1H3. The number of thioether (sulfide) groups is 1. The number of halogens is 1. The van der Waals surface area contributed by atoms with E-state index >= 15 is 0 Å². The van der Waals surface area contributed by atoms with Crippen molar-refractivity contribution < 1.29 is 13.9 Å². The Morgan fingerprint density at radius 2 is 2.00 bits per heavy atom. The summed E-state index contributed by atoms with van der Waals surface area (Å²) in [6.07, 6.45) is 1.95. The summed E-state index contributed by atoms with van der Waals surface area (Å²) in [6, 6.07) is 14.5. The molecule has 0 bridgehead atoms. The van der Waals surface area contributed by atoms with Crippen molar-refractivity contribution in [3.63, 3.8) is 0 Å². The van der Waals surface area contributed by atoms with Gasteiger partial charge in [-0.3, -0.25) is 4.79 Å². The lowest BCUT2D eigenvalue weighted by Crippen LogP contribution is -2.31. The lowest BCUT2D eigenvalue weighted by Gasteiger charge is -2.25. The minimum absolute atomic E-state index is 0.0570. The maximum Gasteiger partial charge on any atom is 0.233 e. The number of carbonyl (C=O) groups is 1. The van der Waals surface area contributed by atoms with Gasteiger partial charge in [-0.2, -0.15) is 0 Å². The molecule has 24 heavy (non-hydrogen) atoms. The molecule has 1 amide bonds. The van der Waals surface area contributed by atoms with Crippen molar-refractivity contribution in [2.45, 2.75) is 23.8 Å². The predicted molar refractivity (Wildman–Crippen MR) is 93.8 cm³/mol. The van der Waals surface area contributed by atoms with Crippen molar-refractivity contribution in [2.75, 3.05) is 19.4 Å². The zero-order chi connectivity index (χ0) is 16.9. The first-order valence-electron chi connectivity index (χ1n) is 8.00. The summed E-state index contributed by atoms with van der Waals surface area (Å²) in [4.78, 5) is 15.0. The molecular formula is C19H20FNO2S. The van der Waals surface area contributed by atoms with Gasteiger partial charge in [0.2, 0.25) is 5.91 Å².